The number of ether oxygens (including phenoxy) is 1. The number of carbonyl (C=O) groups is 1. The van der Waals surface area contributed by atoms with E-state index in [-0.39, 0.29) is 11.9 Å². The number of morpholine rings is 1. The largest absolute Gasteiger partial charge is 0.379 e. The van der Waals surface area contributed by atoms with Crippen LogP contribution in [0, 0.1) is 0 Å². The van der Waals surface area contributed by atoms with E-state index >= 15 is 0 Å². The summed E-state index contributed by atoms with van der Waals surface area (Å²) < 4.78 is 5.28. The maximum Gasteiger partial charge on any atom is 0.221 e. The van der Waals surface area contributed by atoms with Crippen molar-refractivity contribution in [3.8, 4) is 0 Å². The predicted molar refractivity (Wildman–Crippen MR) is 63.4 cm³/mol. The average Bonchev–Trinajstić information content (AvgIpc) is 2.27. The van der Waals surface area contributed by atoms with E-state index in [1.807, 2.05) is 14.0 Å². The van der Waals surface area contributed by atoms with Gasteiger partial charge in [0.05, 0.1) is 13.2 Å². The van der Waals surface area contributed by atoms with E-state index in [1.54, 1.807) is 0 Å². The molecule has 1 fully saturated rings. The molecule has 0 aromatic heterocycles. The molecule has 0 radical (unpaired) electrons. The van der Waals surface area contributed by atoms with Gasteiger partial charge in [-0.15, -0.1) is 0 Å². The molecule has 5 nitrogen and oxygen atoms in total. The summed E-state index contributed by atoms with van der Waals surface area (Å²) in [6, 6.07) is 0.211. The minimum absolute atomic E-state index is 0.120. The molecule has 0 saturated carbocycles. The number of carbonyl (C=O) groups excluding carboxylic acids is 1. The first-order valence-electron chi connectivity index (χ1n) is 5.96. The Balaban J connectivity index is 2.13. The predicted octanol–water partition coefficient (Wildman–Crippen LogP) is -0.567. The molecular weight excluding hydrogens is 206 g/mol. The van der Waals surface area contributed by atoms with Gasteiger partial charge >= 0.3 is 0 Å². The highest BCUT2D eigenvalue weighted by atomic mass is 16.5. The zero-order valence-electron chi connectivity index (χ0n) is 10.3. The maximum atomic E-state index is 11.5. The van der Waals surface area contributed by atoms with Crippen molar-refractivity contribution in [1.82, 2.24) is 15.5 Å². The van der Waals surface area contributed by atoms with Crippen molar-refractivity contribution in [3.05, 3.63) is 0 Å². The number of nitrogens with one attached hydrogen (secondary N) is 2. The van der Waals surface area contributed by atoms with Gasteiger partial charge in [0.15, 0.2) is 0 Å². The molecule has 0 aliphatic carbocycles. The van der Waals surface area contributed by atoms with Gasteiger partial charge in [-0.25, -0.2) is 0 Å². The molecule has 1 aliphatic heterocycles. The topological polar surface area (TPSA) is 53.6 Å². The Morgan fingerprint density at radius 2 is 2.12 bits per heavy atom. The minimum atomic E-state index is 0.120. The van der Waals surface area contributed by atoms with Crippen molar-refractivity contribution in [3.63, 3.8) is 0 Å². The SMILES string of the molecule is CNCCC(=O)NC(C)CN1CCOCC1. The zero-order valence-corrected chi connectivity index (χ0v) is 10.3. The Labute approximate surface area is 97.5 Å². The highest BCUT2D eigenvalue weighted by Crippen LogP contribution is 1.98. The molecule has 1 saturated heterocycles. The standard InChI is InChI=1S/C11H23N3O2/c1-10(13-11(15)3-4-12-2)9-14-5-7-16-8-6-14/h10,12H,3-9H2,1-2H3,(H,13,15). The average molecular weight is 229 g/mol. The lowest BCUT2D eigenvalue weighted by Crippen LogP contribution is -2.46. The van der Waals surface area contributed by atoms with E-state index in [9.17, 15) is 4.79 Å². The fraction of sp³-hybridized carbons (Fsp3) is 0.909. The third-order valence-corrected chi connectivity index (χ3v) is 2.65. The summed E-state index contributed by atoms with van der Waals surface area (Å²) in [5, 5.41) is 5.97. The smallest absolute Gasteiger partial charge is 0.221 e. The van der Waals surface area contributed by atoms with Crippen LogP contribution in [-0.4, -0.2) is 63.3 Å². The second kappa shape index (κ2) is 7.60. The minimum Gasteiger partial charge on any atom is -0.379 e. The van der Waals surface area contributed by atoms with Crippen LogP contribution in [0.4, 0.5) is 0 Å². The summed E-state index contributed by atoms with van der Waals surface area (Å²) in [5.74, 6) is 0.120. The Kier molecular flexibility index (Phi) is 6.37. The van der Waals surface area contributed by atoms with E-state index in [0.717, 1.165) is 39.4 Å². The van der Waals surface area contributed by atoms with Crippen LogP contribution in [0.1, 0.15) is 13.3 Å². The Morgan fingerprint density at radius 3 is 2.75 bits per heavy atom. The highest BCUT2D eigenvalue weighted by Gasteiger charge is 2.14. The fourth-order valence-electron chi connectivity index (χ4n) is 1.80. The van der Waals surface area contributed by atoms with E-state index < -0.39 is 0 Å². The summed E-state index contributed by atoms with van der Waals surface area (Å²) in [6.45, 7) is 7.24. The lowest BCUT2D eigenvalue weighted by Gasteiger charge is -2.29. The molecule has 2 N–H and O–H groups in total. The highest BCUT2D eigenvalue weighted by molar-refractivity contribution is 5.76. The fourth-order valence-corrected chi connectivity index (χ4v) is 1.80. The molecule has 1 unspecified atom stereocenters. The van der Waals surface area contributed by atoms with E-state index in [1.165, 1.54) is 0 Å². The van der Waals surface area contributed by atoms with Crippen molar-refractivity contribution in [2.45, 2.75) is 19.4 Å². The van der Waals surface area contributed by atoms with Crippen LogP contribution >= 0.6 is 0 Å². The second-order valence-electron chi connectivity index (χ2n) is 4.24. The van der Waals surface area contributed by atoms with Crippen LogP contribution in [0.3, 0.4) is 0 Å². The summed E-state index contributed by atoms with van der Waals surface area (Å²) in [4.78, 5) is 13.8. The van der Waals surface area contributed by atoms with Crippen LogP contribution in [0.5, 0.6) is 0 Å². The number of amides is 1. The number of nitrogens with zero attached hydrogens (tertiary/aromatic N) is 1. The molecule has 0 spiro atoms. The molecule has 1 amide bonds. The Hall–Kier alpha value is -0.650. The van der Waals surface area contributed by atoms with Crippen LogP contribution in [0.15, 0.2) is 0 Å². The molecule has 0 aromatic rings. The van der Waals surface area contributed by atoms with Crippen LogP contribution in [-0.2, 0) is 9.53 Å². The molecule has 94 valence electrons. The van der Waals surface area contributed by atoms with Crippen molar-refractivity contribution >= 4 is 5.91 Å². The second-order valence-corrected chi connectivity index (χ2v) is 4.24. The van der Waals surface area contributed by atoms with Gasteiger partial charge in [-0.3, -0.25) is 9.69 Å². The van der Waals surface area contributed by atoms with Gasteiger partial charge in [-0.05, 0) is 14.0 Å². The van der Waals surface area contributed by atoms with E-state index in [0.29, 0.717) is 6.42 Å². The first-order chi connectivity index (χ1) is 7.72. The van der Waals surface area contributed by atoms with Crippen molar-refractivity contribution in [1.29, 1.82) is 0 Å². The molecular formula is C11H23N3O2. The molecule has 5 heteroatoms. The van der Waals surface area contributed by atoms with Gasteiger partial charge in [0, 0.05) is 38.6 Å². The molecule has 0 aromatic carbocycles. The molecule has 0 bridgehead atoms. The van der Waals surface area contributed by atoms with Gasteiger partial charge in [0.1, 0.15) is 0 Å². The van der Waals surface area contributed by atoms with Gasteiger partial charge in [-0.2, -0.15) is 0 Å². The van der Waals surface area contributed by atoms with Crippen LogP contribution < -0.4 is 10.6 Å². The third-order valence-electron chi connectivity index (χ3n) is 2.65. The van der Waals surface area contributed by atoms with Gasteiger partial charge in [0.25, 0.3) is 0 Å². The van der Waals surface area contributed by atoms with Gasteiger partial charge in [-0.1, -0.05) is 0 Å². The maximum absolute atomic E-state index is 11.5. The number of rotatable bonds is 6. The van der Waals surface area contributed by atoms with Crippen LogP contribution in [0.2, 0.25) is 0 Å². The Bertz CT molecular complexity index is 205. The Morgan fingerprint density at radius 1 is 1.44 bits per heavy atom. The van der Waals surface area contributed by atoms with E-state index in [2.05, 4.69) is 15.5 Å². The van der Waals surface area contributed by atoms with Gasteiger partial charge < -0.3 is 15.4 Å². The summed E-state index contributed by atoms with van der Waals surface area (Å²) in [5.41, 5.74) is 0. The molecule has 16 heavy (non-hydrogen) atoms. The van der Waals surface area contributed by atoms with Gasteiger partial charge in [0.2, 0.25) is 5.91 Å². The first kappa shape index (κ1) is 13.4. The van der Waals surface area contributed by atoms with Crippen molar-refractivity contribution < 1.29 is 9.53 Å². The van der Waals surface area contributed by atoms with E-state index in [4.69, 9.17) is 4.74 Å². The quantitative estimate of drug-likeness (QED) is 0.640. The lowest BCUT2D eigenvalue weighted by atomic mass is 10.2. The number of hydrogen-bond acceptors (Lipinski definition) is 4. The molecule has 1 aliphatic rings. The lowest BCUT2D eigenvalue weighted by molar-refractivity contribution is -0.121. The normalized spacial score (nSPS) is 19.4. The van der Waals surface area contributed by atoms with Crippen molar-refractivity contribution in [2.24, 2.45) is 0 Å². The van der Waals surface area contributed by atoms with Crippen LogP contribution in [0.25, 0.3) is 0 Å². The zero-order chi connectivity index (χ0) is 11.8. The van der Waals surface area contributed by atoms with Crippen molar-refractivity contribution in [2.75, 3.05) is 46.4 Å². The molecule has 1 heterocycles. The third kappa shape index (κ3) is 5.44. The molecule has 1 atom stereocenters. The summed E-state index contributed by atoms with van der Waals surface area (Å²) >= 11 is 0. The monoisotopic (exact) mass is 229 g/mol. The summed E-state index contributed by atoms with van der Waals surface area (Å²) in [6.07, 6.45) is 0.546. The molecule has 1 rings (SSSR count). The summed E-state index contributed by atoms with van der Waals surface area (Å²) in [7, 11) is 1.85. The number of hydrogen-bond donors (Lipinski definition) is 2. The first-order valence-corrected chi connectivity index (χ1v) is 5.96.